The summed E-state index contributed by atoms with van der Waals surface area (Å²) in [6, 6.07) is 54.0. The van der Waals surface area contributed by atoms with Gasteiger partial charge in [0.25, 0.3) is 0 Å². The molecule has 0 unspecified atom stereocenters. The Kier molecular flexibility index (Phi) is 6.82. The monoisotopic (exact) mass is 643 g/mol. The van der Waals surface area contributed by atoms with Gasteiger partial charge in [-0.05, 0) is 77.9 Å². The Morgan fingerprint density at radius 2 is 0.900 bits per heavy atom. The molecule has 240 valence electrons. The number of rotatable bonds is 4. The van der Waals surface area contributed by atoms with Crippen molar-refractivity contribution in [3.63, 3.8) is 0 Å². The Balaban J connectivity index is 1.19. The maximum atomic E-state index is 4.98. The third-order valence-corrected chi connectivity index (χ3v) is 11.3. The molecule has 0 fully saturated rings. The zero-order chi connectivity index (χ0) is 34.0. The molecule has 3 nitrogen and oxygen atoms in total. The first-order chi connectivity index (χ1) is 24.3. The smallest absolute Gasteiger partial charge is 0.164 e. The molecular formula is C47H37N3. The summed E-state index contributed by atoms with van der Waals surface area (Å²) >= 11 is 0. The normalized spacial score (nSPS) is 14.3. The summed E-state index contributed by atoms with van der Waals surface area (Å²) in [7, 11) is 0. The molecule has 0 amide bonds. The summed E-state index contributed by atoms with van der Waals surface area (Å²) in [4.78, 5) is 14.8. The molecule has 3 heteroatoms. The van der Waals surface area contributed by atoms with Crippen molar-refractivity contribution in [1.29, 1.82) is 0 Å². The molecule has 7 aromatic carbocycles. The molecule has 0 saturated carbocycles. The predicted molar refractivity (Wildman–Crippen MR) is 208 cm³/mol. The van der Waals surface area contributed by atoms with Crippen molar-refractivity contribution in [3.8, 4) is 56.4 Å². The molecule has 1 aliphatic carbocycles. The molecule has 8 aromatic rings. The Morgan fingerprint density at radius 3 is 1.60 bits per heavy atom. The number of hydrogen-bond donors (Lipinski definition) is 0. The highest BCUT2D eigenvalue weighted by atomic mass is 15.0. The Hall–Kier alpha value is -5.93. The van der Waals surface area contributed by atoms with Crippen molar-refractivity contribution in [2.45, 2.75) is 38.5 Å². The van der Waals surface area contributed by atoms with Crippen molar-refractivity contribution in [3.05, 3.63) is 163 Å². The van der Waals surface area contributed by atoms with E-state index in [0.29, 0.717) is 17.5 Å². The van der Waals surface area contributed by atoms with Crippen molar-refractivity contribution in [1.82, 2.24) is 15.0 Å². The maximum absolute atomic E-state index is 4.98. The molecule has 50 heavy (non-hydrogen) atoms. The molecule has 0 saturated heterocycles. The van der Waals surface area contributed by atoms with Crippen LogP contribution in [0, 0.1) is 0 Å². The van der Waals surface area contributed by atoms with Crippen molar-refractivity contribution in [2.24, 2.45) is 0 Å². The Bertz CT molecular complexity index is 2530. The maximum Gasteiger partial charge on any atom is 0.164 e. The molecule has 1 aromatic heterocycles. The van der Waals surface area contributed by atoms with E-state index in [1.807, 2.05) is 60.7 Å². The molecule has 1 aliphatic rings. The van der Waals surface area contributed by atoms with E-state index in [9.17, 15) is 0 Å². The molecule has 0 N–H and O–H groups in total. The third kappa shape index (κ3) is 4.69. The largest absolute Gasteiger partial charge is 0.208 e. The summed E-state index contributed by atoms with van der Waals surface area (Å²) in [6.07, 6.45) is 0. The Labute approximate surface area is 293 Å². The van der Waals surface area contributed by atoms with E-state index >= 15 is 0 Å². The van der Waals surface area contributed by atoms with Crippen molar-refractivity contribution >= 4 is 21.5 Å². The van der Waals surface area contributed by atoms with Gasteiger partial charge in [-0.2, -0.15) is 0 Å². The number of hydrogen-bond acceptors (Lipinski definition) is 3. The van der Waals surface area contributed by atoms with Gasteiger partial charge in [0.05, 0.1) is 0 Å². The van der Waals surface area contributed by atoms with Gasteiger partial charge >= 0.3 is 0 Å². The van der Waals surface area contributed by atoms with Crippen LogP contribution < -0.4 is 0 Å². The zero-order valence-electron chi connectivity index (χ0n) is 28.8. The first kappa shape index (κ1) is 30.2. The average molecular weight is 644 g/mol. The van der Waals surface area contributed by atoms with Gasteiger partial charge in [0.2, 0.25) is 0 Å². The van der Waals surface area contributed by atoms with Crippen molar-refractivity contribution < 1.29 is 0 Å². The van der Waals surface area contributed by atoms with Crippen LogP contribution in [0.25, 0.3) is 78.0 Å². The van der Waals surface area contributed by atoms with E-state index in [1.54, 1.807) is 0 Å². The fourth-order valence-electron chi connectivity index (χ4n) is 7.83. The van der Waals surface area contributed by atoms with E-state index in [0.717, 1.165) is 27.8 Å². The lowest BCUT2D eigenvalue weighted by Gasteiger charge is -2.48. The van der Waals surface area contributed by atoms with Gasteiger partial charge < -0.3 is 0 Å². The minimum absolute atomic E-state index is 0.00467. The van der Waals surface area contributed by atoms with Gasteiger partial charge in [-0.15, -0.1) is 0 Å². The number of nitrogens with zero attached hydrogens (tertiary/aromatic N) is 3. The van der Waals surface area contributed by atoms with E-state index in [4.69, 9.17) is 15.0 Å². The van der Waals surface area contributed by atoms with Crippen LogP contribution in [0.15, 0.2) is 152 Å². The fourth-order valence-corrected chi connectivity index (χ4v) is 7.83. The summed E-state index contributed by atoms with van der Waals surface area (Å²) in [6.45, 7) is 9.60. The molecule has 0 radical (unpaired) electrons. The lowest BCUT2D eigenvalue weighted by atomic mass is 9.55. The second-order valence-electron chi connectivity index (χ2n) is 14.5. The van der Waals surface area contributed by atoms with Gasteiger partial charge in [0.1, 0.15) is 0 Å². The lowest BCUT2D eigenvalue weighted by Crippen LogP contribution is -2.43. The van der Waals surface area contributed by atoms with Crippen LogP contribution in [-0.2, 0) is 10.8 Å². The van der Waals surface area contributed by atoms with E-state index < -0.39 is 0 Å². The van der Waals surface area contributed by atoms with Crippen LogP contribution in [0.3, 0.4) is 0 Å². The fraction of sp³-hybridized carbons (Fsp3) is 0.128. The summed E-state index contributed by atoms with van der Waals surface area (Å²) in [5.74, 6) is 1.98. The molecule has 0 bridgehead atoms. The second kappa shape index (κ2) is 11.3. The quantitative estimate of drug-likeness (QED) is 0.179. The van der Waals surface area contributed by atoms with Crippen LogP contribution in [-0.4, -0.2) is 15.0 Å². The molecule has 0 aliphatic heterocycles. The molecule has 0 atom stereocenters. The Morgan fingerprint density at radius 1 is 0.380 bits per heavy atom. The molecular weight excluding hydrogens is 607 g/mol. The first-order valence-corrected chi connectivity index (χ1v) is 17.4. The van der Waals surface area contributed by atoms with Gasteiger partial charge in [0.15, 0.2) is 17.5 Å². The van der Waals surface area contributed by atoms with Crippen LogP contribution in [0.1, 0.15) is 38.8 Å². The van der Waals surface area contributed by atoms with E-state index in [2.05, 4.69) is 119 Å². The van der Waals surface area contributed by atoms with Crippen LogP contribution in [0.2, 0.25) is 0 Å². The number of benzene rings is 7. The van der Waals surface area contributed by atoms with Crippen LogP contribution in [0.4, 0.5) is 0 Å². The average Bonchev–Trinajstić information content (AvgIpc) is 3.17. The minimum atomic E-state index is -0.0385. The molecule has 9 rings (SSSR count). The standard InChI is InChI=1S/C47H37N3/c1-46(2)39-21-12-11-20-38(39)42-40(47(46,3)4)27-25-30-22-23-35-28-34(24-26-37(35)41(30)42)33-18-13-19-36(29-33)45-49-43(31-14-7-5-8-15-31)48-44(50-45)32-16-9-6-10-17-32/h5-29H,1-4H3. The highest BCUT2D eigenvalue weighted by Crippen LogP contribution is 2.56. The van der Waals surface area contributed by atoms with Gasteiger partial charge in [-0.3, -0.25) is 0 Å². The highest BCUT2D eigenvalue weighted by Gasteiger charge is 2.46. The summed E-state index contributed by atoms with van der Waals surface area (Å²) in [5, 5.41) is 5.12. The highest BCUT2D eigenvalue weighted by molar-refractivity contribution is 6.16. The van der Waals surface area contributed by atoms with Gasteiger partial charge in [-0.1, -0.05) is 167 Å². The minimum Gasteiger partial charge on any atom is -0.208 e. The lowest BCUT2D eigenvalue weighted by molar-refractivity contribution is 0.299. The van der Waals surface area contributed by atoms with E-state index in [-0.39, 0.29) is 10.8 Å². The summed E-state index contributed by atoms with van der Waals surface area (Å²) in [5.41, 5.74) is 10.7. The zero-order valence-corrected chi connectivity index (χ0v) is 28.8. The third-order valence-electron chi connectivity index (χ3n) is 11.3. The van der Waals surface area contributed by atoms with Crippen LogP contribution >= 0.6 is 0 Å². The van der Waals surface area contributed by atoms with E-state index in [1.165, 1.54) is 43.8 Å². The molecule has 1 heterocycles. The summed E-state index contributed by atoms with van der Waals surface area (Å²) < 4.78 is 0. The number of fused-ring (bicyclic) bond motifs is 7. The number of aromatic nitrogens is 3. The molecule has 0 spiro atoms. The first-order valence-electron chi connectivity index (χ1n) is 17.4. The van der Waals surface area contributed by atoms with Crippen LogP contribution in [0.5, 0.6) is 0 Å². The van der Waals surface area contributed by atoms with Gasteiger partial charge in [-0.25, -0.2) is 15.0 Å². The van der Waals surface area contributed by atoms with Gasteiger partial charge in [0, 0.05) is 16.7 Å². The second-order valence-corrected chi connectivity index (χ2v) is 14.5. The van der Waals surface area contributed by atoms with Crippen molar-refractivity contribution in [2.75, 3.05) is 0 Å². The predicted octanol–water partition coefficient (Wildman–Crippen LogP) is 12.1. The SMILES string of the molecule is CC1(C)c2ccccc2-c2c(ccc3ccc4cc(-c5cccc(-c6nc(-c7ccccc7)nc(-c7ccccc7)n6)c5)ccc4c23)C1(C)C. The topological polar surface area (TPSA) is 38.7 Å².